The topological polar surface area (TPSA) is 55.1 Å². The van der Waals surface area contributed by atoms with E-state index in [9.17, 15) is 4.79 Å². The number of urea groups is 1. The standard InChI is InChI=1S/C24H44N2O.C2H6/c1-2-12-20(19-21-14-7-5-8-15-21)13-6-3-4-9-16-22-17-10-11-18-23(22)26-24(25)27;1-2/h7,14,20-23H,2-6,8-13,15-19H2,1H3,(H3,25,26,27);1-2H3. The quantitative estimate of drug-likeness (QED) is 0.253. The van der Waals surface area contributed by atoms with Crippen molar-refractivity contribution in [1.29, 1.82) is 0 Å². The summed E-state index contributed by atoms with van der Waals surface area (Å²) in [6, 6.07) is -0.0181. The lowest BCUT2D eigenvalue weighted by atomic mass is 9.81. The Bertz CT molecular complexity index is 434. The summed E-state index contributed by atoms with van der Waals surface area (Å²) in [6.45, 7) is 6.34. The number of nitrogens with two attached hydrogens (primary N) is 1. The molecule has 3 heteroatoms. The van der Waals surface area contributed by atoms with Crippen LogP contribution in [0, 0.1) is 17.8 Å². The molecule has 3 N–H and O–H groups in total. The lowest BCUT2D eigenvalue weighted by molar-refractivity contribution is 0.218. The lowest BCUT2D eigenvalue weighted by Crippen LogP contribution is -2.44. The van der Waals surface area contributed by atoms with Gasteiger partial charge in [0.05, 0.1) is 0 Å². The van der Waals surface area contributed by atoms with Crippen molar-refractivity contribution in [2.45, 2.75) is 130 Å². The van der Waals surface area contributed by atoms with E-state index >= 15 is 0 Å². The minimum Gasteiger partial charge on any atom is -0.352 e. The maximum absolute atomic E-state index is 11.2. The minimum atomic E-state index is -0.346. The summed E-state index contributed by atoms with van der Waals surface area (Å²) in [6.07, 6.45) is 26.2. The van der Waals surface area contributed by atoms with E-state index in [1.54, 1.807) is 0 Å². The van der Waals surface area contributed by atoms with Crippen LogP contribution >= 0.6 is 0 Å². The van der Waals surface area contributed by atoms with E-state index in [1.807, 2.05) is 13.8 Å². The molecule has 0 bridgehead atoms. The fourth-order valence-corrected chi connectivity index (χ4v) is 5.41. The SMILES string of the molecule is CC.CCCC(CCCCCCC1CCCCC1NC(N)=O)CC1C=CCCC1. The third-order valence-corrected chi connectivity index (χ3v) is 6.86. The van der Waals surface area contributed by atoms with Crippen LogP contribution in [0.3, 0.4) is 0 Å². The highest BCUT2D eigenvalue weighted by Gasteiger charge is 2.25. The Morgan fingerprint density at radius 1 is 1.03 bits per heavy atom. The molecule has 1 fully saturated rings. The molecule has 1 saturated carbocycles. The molecule has 4 atom stereocenters. The Hall–Kier alpha value is -0.990. The third kappa shape index (κ3) is 11.7. The number of allylic oxidation sites excluding steroid dienone is 2. The number of primary amides is 1. The Kier molecular flexibility index (Phi) is 15.1. The van der Waals surface area contributed by atoms with Crippen molar-refractivity contribution < 1.29 is 4.79 Å². The van der Waals surface area contributed by atoms with Crippen LogP contribution in [0.1, 0.15) is 124 Å². The summed E-state index contributed by atoms with van der Waals surface area (Å²) >= 11 is 0. The average molecular weight is 407 g/mol. The number of carbonyl (C=O) groups excluding carboxylic acids is 1. The van der Waals surface area contributed by atoms with Crippen LogP contribution in [0.2, 0.25) is 0 Å². The second kappa shape index (κ2) is 16.8. The van der Waals surface area contributed by atoms with Gasteiger partial charge in [0.15, 0.2) is 0 Å². The van der Waals surface area contributed by atoms with E-state index in [1.165, 1.54) is 96.3 Å². The predicted octanol–water partition coefficient (Wildman–Crippen LogP) is 7.74. The van der Waals surface area contributed by atoms with Crippen molar-refractivity contribution in [3.8, 4) is 0 Å². The van der Waals surface area contributed by atoms with Crippen LogP contribution in [-0.4, -0.2) is 12.1 Å². The van der Waals surface area contributed by atoms with Gasteiger partial charge < -0.3 is 11.1 Å². The summed E-state index contributed by atoms with van der Waals surface area (Å²) in [5.41, 5.74) is 5.35. The number of carbonyl (C=O) groups is 1. The van der Waals surface area contributed by atoms with Gasteiger partial charge in [0, 0.05) is 6.04 Å². The summed E-state index contributed by atoms with van der Waals surface area (Å²) in [7, 11) is 0. The number of hydrogen-bond donors (Lipinski definition) is 2. The van der Waals surface area contributed by atoms with E-state index in [0.29, 0.717) is 12.0 Å². The van der Waals surface area contributed by atoms with Crippen molar-refractivity contribution in [3.05, 3.63) is 12.2 Å². The van der Waals surface area contributed by atoms with Gasteiger partial charge in [0.1, 0.15) is 0 Å². The minimum absolute atomic E-state index is 0.328. The highest BCUT2D eigenvalue weighted by Crippen LogP contribution is 2.31. The van der Waals surface area contributed by atoms with Crippen molar-refractivity contribution in [1.82, 2.24) is 5.32 Å². The molecular formula is C26H50N2O. The van der Waals surface area contributed by atoms with E-state index < -0.39 is 0 Å². The molecule has 170 valence electrons. The predicted molar refractivity (Wildman–Crippen MR) is 127 cm³/mol. The van der Waals surface area contributed by atoms with Gasteiger partial charge in [-0.2, -0.15) is 0 Å². The third-order valence-electron chi connectivity index (χ3n) is 6.86. The van der Waals surface area contributed by atoms with Gasteiger partial charge in [0.25, 0.3) is 0 Å². The number of nitrogens with one attached hydrogen (secondary N) is 1. The summed E-state index contributed by atoms with van der Waals surface area (Å²) < 4.78 is 0. The molecule has 0 aliphatic heterocycles. The van der Waals surface area contributed by atoms with Crippen LogP contribution in [0.5, 0.6) is 0 Å². The Labute approximate surface area is 181 Å². The molecule has 0 radical (unpaired) electrons. The Balaban J connectivity index is 0.00000204. The van der Waals surface area contributed by atoms with Crippen LogP contribution in [0.4, 0.5) is 4.79 Å². The average Bonchev–Trinajstić information content (AvgIpc) is 2.73. The molecule has 4 unspecified atom stereocenters. The molecule has 2 aliphatic rings. The summed E-state index contributed by atoms with van der Waals surface area (Å²) in [5.74, 6) is 2.44. The zero-order valence-electron chi connectivity index (χ0n) is 19.8. The Morgan fingerprint density at radius 3 is 2.48 bits per heavy atom. The first-order valence-corrected chi connectivity index (χ1v) is 12.9. The van der Waals surface area contributed by atoms with E-state index in [2.05, 4.69) is 24.4 Å². The molecule has 0 saturated heterocycles. The first kappa shape index (κ1) is 26.0. The lowest BCUT2D eigenvalue weighted by Gasteiger charge is -2.31. The molecule has 3 nitrogen and oxygen atoms in total. The summed E-state index contributed by atoms with van der Waals surface area (Å²) in [4.78, 5) is 11.2. The van der Waals surface area contributed by atoms with Gasteiger partial charge in [0.2, 0.25) is 0 Å². The van der Waals surface area contributed by atoms with Crippen molar-refractivity contribution >= 4 is 6.03 Å². The molecule has 0 aromatic heterocycles. The second-order valence-corrected chi connectivity index (χ2v) is 9.16. The van der Waals surface area contributed by atoms with Crippen LogP contribution in [-0.2, 0) is 0 Å². The van der Waals surface area contributed by atoms with Crippen molar-refractivity contribution in [2.75, 3.05) is 0 Å². The first-order chi connectivity index (χ1) is 14.2. The highest BCUT2D eigenvalue weighted by atomic mass is 16.2. The number of unbranched alkanes of at least 4 members (excludes halogenated alkanes) is 3. The Morgan fingerprint density at radius 2 is 1.79 bits per heavy atom. The van der Waals surface area contributed by atoms with Crippen molar-refractivity contribution in [2.24, 2.45) is 23.5 Å². The molecule has 2 rings (SSSR count). The van der Waals surface area contributed by atoms with Crippen LogP contribution < -0.4 is 11.1 Å². The molecule has 0 spiro atoms. The number of hydrogen-bond acceptors (Lipinski definition) is 1. The zero-order chi connectivity index (χ0) is 21.3. The molecule has 29 heavy (non-hydrogen) atoms. The monoisotopic (exact) mass is 406 g/mol. The summed E-state index contributed by atoms with van der Waals surface area (Å²) in [5, 5.41) is 2.98. The molecule has 0 aromatic carbocycles. The highest BCUT2D eigenvalue weighted by molar-refractivity contribution is 5.72. The van der Waals surface area contributed by atoms with Gasteiger partial charge in [-0.05, 0) is 62.7 Å². The van der Waals surface area contributed by atoms with E-state index in [4.69, 9.17) is 5.73 Å². The fourth-order valence-electron chi connectivity index (χ4n) is 5.41. The van der Waals surface area contributed by atoms with Gasteiger partial charge in [-0.15, -0.1) is 0 Å². The first-order valence-electron chi connectivity index (χ1n) is 12.9. The second-order valence-electron chi connectivity index (χ2n) is 9.16. The zero-order valence-corrected chi connectivity index (χ0v) is 19.8. The molecule has 0 heterocycles. The van der Waals surface area contributed by atoms with Gasteiger partial charge in [-0.1, -0.05) is 90.7 Å². The van der Waals surface area contributed by atoms with Crippen LogP contribution in [0.25, 0.3) is 0 Å². The number of amides is 2. The normalized spacial score (nSPS) is 25.0. The van der Waals surface area contributed by atoms with Gasteiger partial charge >= 0.3 is 6.03 Å². The maximum Gasteiger partial charge on any atom is 0.312 e. The fraction of sp³-hybridized carbons (Fsp3) is 0.885. The number of rotatable bonds is 12. The maximum atomic E-state index is 11.2. The molecule has 2 amide bonds. The van der Waals surface area contributed by atoms with Crippen molar-refractivity contribution in [3.63, 3.8) is 0 Å². The van der Waals surface area contributed by atoms with Gasteiger partial charge in [-0.3, -0.25) is 0 Å². The molecule has 2 aliphatic carbocycles. The van der Waals surface area contributed by atoms with E-state index in [-0.39, 0.29) is 6.03 Å². The van der Waals surface area contributed by atoms with Crippen LogP contribution in [0.15, 0.2) is 12.2 Å². The van der Waals surface area contributed by atoms with Gasteiger partial charge in [-0.25, -0.2) is 4.79 Å². The molecule has 0 aromatic rings. The smallest absolute Gasteiger partial charge is 0.312 e. The van der Waals surface area contributed by atoms with E-state index in [0.717, 1.165) is 18.3 Å². The largest absolute Gasteiger partial charge is 0.352 e. The molecular weight excluding hydrogens is 356 g/mol.